The molecule has 1 aromatic heterocycles. The summed E-state index contributed by atoms with van der Waals surface area (Å²) in [6, 6.07) is 1.93. The molecule has 0 spiro atoms. The second kappa shape index (κ2) is 33.6. The van der Waals surface area contributed by atoms with E-state index in [0.717, 1.165) is 50.4 Å². The number of rotatable bonds is 32. The van der Waals surface area contributed by atoms with Crippen molar-refractivity contribution >= 4 is 0 Å². The second-order valence-electron chi connectivity index (χ2n) is 12.2. The van der Waals surface area contributed by atoms with Crippen LogP contribution in [-0.4, -0.2) is 18.2 Å². The highest BCUT2D eigenvalue weighted by molar-refractivity contribution is 5.36. The molecule has 1 aromatic rings. The van der Waals surface area contributed by atoms with Crippen LogP contribution in [-0.2, 0) is 0 Å². The number of unbranched alkanes of at least 4 members (excludes halogenated alkanes) is 18. The quantitative estimate of drug-likeness (QED) is 0.0603. The molecule has 0 saturated heterocycles. The maximum absolute atomic E-state index is 6.05. The maximum Gasteiger partial charge on any atom is 0.179 e. The molecule has 0 bridgehead atoms. The lowest BCUT2D eigenvalue weighted by molar-refractivity contribution is 0.257. The molecule has 0 saturated carbocycles. The Morgan fingerprint density at radius 2 is 0.841 bits per heavy atom. The zero-order chi connectivity index (χ0) is 31.4. The first-order valence-corrected chi connectivity index (χ1v) is 18.7. The average molecular weight is 608 g/mol. The van der Waals surface area contributed by atoms with Crippen molar-refractivity contribution in [3.63, 3.8) is 0 Å². The van der Waals surface area contributed by atoms with E-state index < -0.39 is 0 Å². The van der Waals surface area contributed by atoms with E-state index in [2.05, 4.69) is 67.4 Å². The summed E-state index contributed by atoms with van der Waals surface area (Å²) >= 11 is 0. The van der Waals surface area contributed by atoms with Crippen LogP contribution in [0.25, 0.3) is 0 Å². The zero-order valence-electron chi connectivity index (χ0n) is 29.0. The van der Waals surface area contributed by atoms with E-state index in [1.54, 1.807) is 12.4 Å². The van der Waals surface area contributed by atoms with Gasteiger partial charge >= 0.3 is 0 Å². The minimum absolute atomic E-state index is 0.738. The molecule has 0 radical (unpaired) electrons. The molecule has 44 heavy (non-hydrogen) atoms. The van der Waals surface area contributed by atoms with E-state index in [1.165, 1.54) is 128 Å². The molecule has 1 heterocycles. The summed E-state index contributed by atoms with van der Waals surface area (Å²) in [6.45, 7) is 6.01. The topological polar surface area (TPSA) is 31.4 Å². The lowest BCUT2D eigenvalue weighted by atomic mass is 10.1. The Morgan fingerprint density at radius 3 is 1.30 bits per heavy atom. The van der Waals surface area contributed by atoms with Crippen molar-refractivity contribution in [2.45, 2.75) is 168 Å². The summed E-state index contributed by atoms with van der Waals surface area (Å²) in [5.74, 6) is 1.62. The van der Waals surface area contributed by atoms with Gasteiger partial charge in [-0.3, -0.25) is 4.98 Å². The van der Waals surface area contributed by atoms with Gasteiger partial charge in [0.15, 0.2) is 11.5 Å². The fourth-order valence-corrected chi connectivity index (χ4v) is 5.14. The third-order valence-electron chi connectivity index (χ3n) is 7.95. The van der Waals surface area contributed by atoms with Crippen molar-refractivity contribution in [3.8, 4) is 11.5 Å². The summed E-state index contributed by atoms with van der Waals surface area (Å²) in [7, 11) is 0. The normalized spacial score (nSPS) is 12.0. The molecule has 3 nitrogen and oxygen atoms in total. The highest BCUT2D eigenvalue weighted by atomic mass is 16.5. The number of hydrogen-bond donors (Lipinski definition) is 0. The molecule has 0 unspecified atom stereocenters. The summed E-state index contributed by atoms with van der Waals surface area (Å²) in [5, 5.41) is 0. The van der Waals surface area contributed by atoms with Crippen LogP contribution in [0.4, 0.5) is 0 Å². The van der Waals surface area contributed by atoms with Gasteiger partial charge in [0.1, 0.15) is 0 Å². The van der Waals surface area contributed by atoms with Crippen molar-refractivity contribution in [2.24, 2.45) is 0 Å². The molecule has 3 heteroatoms. The van der Waals surface area contributed by atoms with E-state index in [4.69, 9.17) is 9.47 Å². The second-order valence-corrected chi connectivity index (χ2v) is 12.2. The minimum atomic E-state index is 0.738. The van der Waals surface area contributed by atoms with Crippen LogP contribution in [0.5, 0.6) is 11.5 Å². The molecule has 250 valence electrons. The fourth-order valence-electron chi connectivity index (χ4n) is 5.14. The lowest BCUT2D eigenvalue weighted by Crippen LogP contribution is -2.03. The van der Waals surface area contributed by atoms with Crippen LogP contribution in [0.3, 0.4) is 0 Å². The molecule has 0 amide bonds. The standard InChI is InChI=1S/C41H69NO2/c1-3-5-7-9-11-13-15-17-19-21-23-25-27-29-31-33-37-43-40-35-36-42-39-41(40)44-38-34-32-30-28-26-24-22-20-18-16-14-12-10-8-6-4-2/h11-14,17-20,35-36,39H,3-10,15-16,21-34,37-38H2,1-2H3/b13-11-,14-12-,19-17-,20-18-. The Balaban J connectivity index is 1.95. The van der Waals surface area contributed by atoms with Crippen LogP contribution in [0.1, 0.15) is 168 Å². The fraction of sp³-hybridized carbons (Fsp3) is 0.683. The highest BCUT2D eigenvalue weighted by Gasteiger charge is 2.05. The van der Waals surface area contributed by atoms with Gasteiger partial charge in [0.25, 0.3) is 0 Å². The van der Waals surface area contributed by atoms with Crippen molar-refractivity contribution in [1.82, 2.24) is 4.98 Å². The van der Waals surface area contributed by atoms with Crippen LogP contribution >= 0.6 is 0 Å². The van der Waals surface area contributed by atoms with E-state index >= 15 is 0 Å². The van der Waals surface area contributed by atoms with Crippen molar-refractivity contribution < 1.29 is 9.47 Å². The van der Waals surface area contributed by atoms with Gasteiger partial charge in [-0.1, -0.05) is 140 Å². The average Bonchev–Trinajstić information content (AvgIpc) is 3.04. The first kappa shape index (κ1) is 39.7. The predicted molar refractivity (Wildman–Crippen MR) is 194 cm³/mol. The first-order chi connectivity index (χ1) is 21.9. The first-order valence-electron chi connectivity index (χ1n) is 18.7. The van der Waals surface area contributed by atoms with Crippen LogP contribution in [0, 0.1) is 0 Å². The SMILES string of the molecule is CCCCC/C=C\C/C=C\CCCCCCCCOc1ccncc1OCCCCCCCC/C=C\C/C=C\CCCCC. The number of nitrogens with zero attached hydrogens (tertiary/aromatic N) is 1. The van der Waals surface area contributed by atoms with Gasteiger partial charge in [0.2, 0.25) is 0 Å². The Labute approximate surface area is 273 Å². The number of aromatic nitrogens is 1. The molecule has 0 fully saturated rings. The minimum Gasteiger partial charge on any atom is -0.490 e. The van der Waals surface area contributed by atoms with Gasteiger partial charge in [-0.2, -0.15) is 0 Å². The third-order valence-corrected chi connectivity index (χ3v) is 7.95. The number of ether oxygens (including phenoxy) is 2. The maximum atomic E-state index is 6.05. The van der Waals surface area contributed by atoms with Gasteiger partial charge in [0, 0.05) is 12.3 Å². The smallest absolute Gasteiger partial charge is 0.179 e. The Kier molecular flexibility index (Phi) is 30.3. The Hall–Kier alpha value is -2.29. The third kappa shape index (κ3) is 27.3. The molecule has 0 aromatic carbocycles. The van der Waals surface area contributed by atoms with Crippen molar-refractivity contribution in [2.75, 3.05) is 13.2 Å². The molecule has 0 aliphatic carbocycles. The summed E-state index contributed by atoms with van der Waals surface area (Å²) < 4.78 is 12.1. The van der Waals surface area contributed by atoms with Crippen molar-refractivity contribution in [3.05, 3.63) is 67.1 Å². The van der Waals surface area contributed by atoms with Gasteiger partial charge in [-0.25, -0.2) is 0 Å². The number of pyridine rings is 1. The van der Waals surface area contributed by atoms with E-state index in [0.29, 0.717) is 0 Å². The summed E-state index contributed by atoms with van der Waals surface area (Å²) in [5.41, 5.74) is 0. The molecule has 1 rings (SSSR count). The van der Waals surface area contributed by atoms with Crippen molar-refractivity contribution in [1.29, 1.82) is 0 Å². The summed E-state index contributed by atoms with van der Waals surface area (Å²) in [4.78, 5) is 4.25. The Bertz CT molecular complexity index is 772. The zero-order valence-corrected chi connectivity index (χ0v) is 29.0. The monoisotopic (exact) mass is 608 g/mol. The number of hydrogen-bond acceptors (Lipinski definition) is 3. The van der Waals surface area contributed by atoms with Gasteiger partial charge < -0.3 is 9.47 Å². The lowest BCUT2D eigenvalue weighted by Gasteiger charge is -2.12. The molecular formula is C41H69NO2. The number of allylic oxidation sites excluding steroid dienone is 8. The van der Waals surface area contributed by atoms with Gasteiger partial charge in [-0.05, 0) is 77.0 Å². The van der Waals surface area contributed by atoms with Crippen LogP contribution in [0.15, 0.2) is 67.1 Å². The molecule has 0 atom stereocenters. The Morgan fingerprint density at radius 1 is 0.455 bits per heavy atom. The van der Waals surface area contributed by atoms with Gasteiger partial charge in [-0.15, -0.1) is 0 Å². The van der Waals surface area contributed by atoms with E-state index in [9.17, 15) is 0 Å². The van der Waals surface area contributed by atoms with Crippen LogP contribution < -0.4 is 9.47 Å². The van der Waals surface area contributed by atoms with E-state index in [-0.39, 0.29) is 0 Å². The predicted octanol–water partition coefficient (Wildman–Crippen LogP) is 13.5. The summed E-state index contributed by atoms with van der Waals surface area (Å²) in [6.07, 6.45) is 52.4. The largest absolute Gasteiger partial charge is 0.490 e. The van der Waals surface area contributed by atoms with Gasteiger partial charge in [0.05, 0.1) is 19.4 Å². The highest BCUT2D eigenvalue weighted by Crippen LogP contribution is 2.26. The molecule has 0 aliphatic rings. The van der Waals surface area contributed by atoms with Crippen LogP contribution in [0.2, 0.25) is 0 Å². The molecule has 0 N–H and O–H groups in total. The molecular weight excluding hydrogens is 538 g/mol. The molecule has 0 aliphatic heterocycles. The van der Waals surface area contributed by atoms with E-state index in [1.807, 2.05) is 6.07 Å².